The van der Waals surface area contributed by atoms with Gasteiger partial charge in [0.1, 0.15) is 8.26 Å². The van der Waals surface area contributed by atoms with Gasteiger partial charge in [0.25, 0.3) is 5.56 Å². The Labute approximate surface area is 105 Å². The zero-order valence-corrected chi connectivity index (χ0v) is 12.0. The Morgan fingerprint density at radius 3 is 2.50 bits per heavy atom. The molecule has 0 saturated heterocycles. The average molecular weight is 343 g/mol. The second-order valence-electron chi connectivity index (χ2n) is 3.15. The second-order valence-corrected chi connectivity index (χ2v) is 6.29. The predicted octanol–water partition coefficient (Wildman–Crippen LogP) is 4.02. The van der Waals surface area contributed by atoms with Crippen LogP contribution in [0.15, 0.2) is 13.1 Å². The molecule has 2 nitrogen and oxygen atoms in total. The second kappa shape index (κ2) is 6.08. The first-order valence-corrected chi connectivity index (χ1v) is 7.08. The summed E-state index contributed by atoms with van der Waals surface area (Å²) in [4.78, 5) is 11.5. The highest BCUT2D eigenvalue weighted by Crippen LogP contribution is 2.24. The first-order valence-electron chi connectivity index (χ1n) is 4.72. The Balaban J connectivity index is 2.51. The van der Waals surface area contributed by atoms with Crippen LogP contribution in [-0.2, 0) is 6.54 Å². The summed E-state index contributed by atoms with van der Waals surface area (Å²) in [7, 11) is 0. The molecule has 0 aliphatic carbocycles. The molecule has 1 aromatic heterocycles. The summed E-state index contributed by atoms with van der Waals surface area (Å²) in [5.41, 5.74) is 0.0818. The Hall–Kier alpha value is 0.390. The lowest BCUT2D eigenvalue weighted by molar-refractivity contribution is 0.598. The summed E-state index contributed by atoms with van der Waals surface area (Å²) in [5.74, 6) is 0. The number of halogens is 2. The van der Waals surface area contributed by atoms with E-state index in [2.05, 4.69) is 38.8 Å². The molecule has 0 spiro atoms. The van der Waals surface area contributed by atoms with Gasteiger partial charge in [-0.05, 0) is 49.8 Å². The van der Waals surface area contributed by atoms with Crippen molar-refractivity contribution in [2.45, 2.75) is 39.2 Å². The third kappa shape index (κ3) is 3.21. The van der Waals surface area contributed by atoms with Crippen LogP contribution in [0.2, 0.25) is 0 Å². The van der Waals surface area contributed by atoms with Crippen molar-refractivity contribution in [3.63, 3.8) is 0 Å². The average Bonchev–Trinajstić information content (AvgIpc) is 2.41. The smallest absolute Gasteiger partial charge is 0.267 e. The number of unbranched alkanes of at least 4 members (excludes halogenated alkanes) is 3. The number of aromatic nitrogens is 1. The third-order valence-corrected chi connectivity index (χ3v) is 5.29. The van der Waals surface area contributed by atoms with Crippen molar-refractivity contribution in [2.24, 2.45) is 0 Å². The molecule has 0 aromatic carbocycles. The van der Waals surface area contributed by atoms with Gasteiger partial charge in [-0.2, -0.15) is 0 Å². The van der Waals surface area contributed by atoms with Crippen LogP contribution >= 0.6 is 43.4 Å². The normalized spacial score (nSPS) is 10.8. The molecule has 0 amide bonds. The number of nitrogens with zero attached hydrogens (tertiary/aromatic N) is 1. The van der Waals surface area contributed by atoms with Crippen molar-refractivity contribution in [2.75, 3.05) is 0 Å². The third-order valence-electron chi connectivity index (χ3n) is 1.99. The maximum Gasteiger partial charge on any atom is 0.276 e. The molecule has 0 N–H and O–H groups in total. The van der Waals surface area contributed by atoms with Gasteiger partial charge in [0.05, 0.1) is 0 Å². The zero-order valence-electron chi connectivity index (χ0n) is 8.06. The minimum absolute atomic E-state index is 0.0818. The highest BCUT2D eigenvalue weighted by atomic mass is 79.9. The lowest BCUT2D eigenvalue weighted by atomic mass is 10.2. The molecule has 0 unspecified atom stereocenters. The highest BCUT2D eigenvalue weighted by Gasteiger charge is 2.09. The van der Waals surface area contributed by atoms with Crippen LogP contribution in [0.25, 0.3) is 0 Å². The molecule has 0 fully saturated rings. The number of hydrogen-bond acceptors (Lipinski definition) is 2. The topological polar surface area (TPSA) is 22.0 Å². The van der Waals surface area contributed by atoms with E-state index in [1.165, 1.54) is 30.8 Å². The lowest BCUT2D eigenvalue weighted by Crippen LogP contribution is -2.13. The molecule has 0 radical (unpaired) electrons. The predicted molar refractivity (Wildman–Crippen MR) is 68.1 cm³/mol. The van der Waals surface area contributed by atoms with Gasteiger partial charge in [-0.25, -0.2) is 0 Å². The molecule has 0 aliphatic rings. The van der Waals surface area contributed by atoms with Crippen LogP contribution in [-0.4, -0.2) is 3.96 Å². The molecular formula is C9H13Br2NOS. The van der Waals surface area contributed by atoms with Gasteiger partial charge in [0.2, 0.25) is 0 Å². The summed E-state index contributed by atoms with van der Waals surface area (Å²) in [6.45, 7) is 3.03. The van der Waals surface area contributed by atoms with Crippen LogP contribution in [0.4, 0.5) is 0 Å². The van der Waals surface area contributed by atoms with Gasteiger partial charge in [0.15, 0.2) is 0 Å². The Morgan fingerprint density at radius 1 is 1.29 bits per heavy atom. The van der Waals surface area contributed by atoms with Crippen LogP contribution in [0.3, 0.4) is 0 Å². The first kappa shape index (κ1) is 12.5. The van der Waals surface area contributed by atoms with Crippen molar-refractivity contribution in [3.8, 4) is 0 Å². The van der Waals surface area contributed by atoms with E-state index in [0.29, 0.717) is 4.47 Å². The van der Waals surface area contributed by atoms with E-state index < -0.39 is 0 Å². The summed E-state index contributed by atoms with van der Waals surface area (Å²) in [6.07, 6.45) is 4.78. The van der Waals surface area contributed by atoms with Crippen LogP contribution in [0, 0.1) is 0 Å². The number of rotatable bonds is 5. The minimum Gasteiger partial charge on any atom is -0.267 e. The largest absolute Gasteiger partial charge is 0.276 e. The van der Waals surface area contributed by atoms with E-state index in [9.17, 15) is 4.79 Å². The maximum atomic E-state index is 11.5. The van der Waals surface area contributed by atoms with Gasteiger partial charge < -0.3 is 0 Å². The van der Waals surface area contributed by atoms with E-state index in [1.54, 1.807) is 3.96 Å². The summed E-state index contributed by atoms with van der Waals surface area (Å²) in [6, 6.07) is 0. The number of aryl methyl sites for hydroxylation is 1. The molecule has 5 heteroatoms. The standard InChI is InChI=1S/C9H13Br2NOS/c1-2-3-4-5-6-12-9(13)7(10)8(11)14-12/h2-6H2,1H3. The Morgan fingerprint density at radius 2 is 2.00 bits per heavy atom. The summed E-state index contributed by atoms with van der Waals surface area (Å²) >= 11 is 8.07. The van der Waals surface area contributed by atoms with E-state index in [1.807, 2.05) is 0 Å². The fourth-order valence-electron chi connectivity index (χ4n) is 1.20. The van der Waals surface area contributed by atoms with Crippen LogP contribution < -0.4 is 5.56 Å². The Bertz CT molecular complexity index is 345. The molecular weight excluding hydrogens is 330 g/mol. The molecule has 0 aliphatic heterocycles. The van der Waals surface area contributed by atoms with Crippen LogP contribution in [0.5, 0.6) is 0 Å². The molecule has 0 bridgehead atoms. The van der Waals surface area contributed by atoms with Crippen molar-refractivity contribution >= 4 is 43.4 Å². The maximum absolute atomic E-state index is 11.5. The molecule has 1 rings (SSSR count). The van der Waals surface area contributed by atoms with Gasteiger partial charge in [-0.3, -0.25) is 8.75 Å². The fourth-order valence-corrected chi connectivity index (χ4v) is 3.20. The molecule has 14 heavy (non-hydrogen) atoms. The van der Waals surface area contributed by atoms with Crippen molar-refractivity contribution in [1.29, 1.82) is 0 Å². The molecule has 0 atom stereocenters. The monoisotopic (exact) mass is 341 g/mol. The summed E-state index contributed by atoms with van der Waals surface area (Å²) in [5, 5.41) is 0. The van der Waals surface area contributed by atoms with Gasteiger partial charge >= 0.3 is 0 Å². The van der Waals surface area contributed by atoms with Gasteiger partial charge in [-0.15, -0.1) is 0 Å². The van der Waals surface area contributed by atoms with E-state index >= 15 is 0 Å². The van der Waals surface area contributed by atoms with E-state index in [-0.39, 0.29) is 5.56 Å². The first-order chi connectivity index (χ1) is 6.66. The zero-order chi connectivity index (χ0) is 10.6. The molecule has 0 saturated carbocycles. The van der Waals surface area contributed by atoms with Crippen LogP contribution in [0.1, 0.15) is 32.6 Å². The van der Waals surface area contributed by atoms with Crippen molar-refractivity contribution in [1.82, 2.24) is 3.96 Å². The van der Waals surface area contributed by atoms with Gasteiger partial charge in [-0.1, -0.05) is 26.2 Å². The fraction of sp³-hybridized carbons (Fsp3) is 0.667. The van der Waals surface area contributed by atoms with Crippen molar-refractivity contribution < 1.29 is 0 Å². The quantitative estimate of drug-likeness (QED) is 0.741. The molecule has 1 aromatic rings. The molecule has 1 heterocycles. The molecule has 80 valence electrons. The van der Waals surface area contributed by atoms with E-state index in [4.69, 9.17) is 0 Å². The highest BCUT2D eigenvalue weighted by molar-refractivity contribution is 9.13. The lowest BCUT2D eigenvalue weighted by Gasteiger charge is -1.99. The van der Waals surface area contributed by atoms with E-state index in [0.717, 1.165) is 16.8 Å². The summed E-state index contributed by atoms with van der Waals surface area (Å²) < 4.78 is 3.33. The number of hydrogen-bond donors (Lipinski definition) is 0. The minimum atomic E-state index is 0.0818. The van der Waals surface area contributed by atoms with Gasteiger partial charge in [0, 0.05) is 6.54 Å². The van der Waals surface area contributed by atoms with Crippen molar-refractivity contribution in [3.05, 3.63) is 18.6 Å². The SMILES string of the molecule is CCCCCCn1sc(Br)c(Br)c1=O. The Kier molecular flexibility index (Phi) is 5.41.